The highest BCUT2D eigenvalue weighted by Crippen LogP contribution is 2.55. The molecule has 26 heavy (non-hydrogen) atoms. The second-order valence-electron chi connectivity index (χ2n) is 9.47. The minimum atomic E-state index is -0.167. The topological polar surface area (TPSA) is 32.3 Å². The molecule has 5 aliphatic rings. The number of nitrogens with one attached hydrogen (secondary N) is 1. The van der Waals surface area contributed by atoms with E-state index in [1.165, 1.54) is 44.6 Å². The average Bonchev–Trinajstić information content (AvgIpc) is 3.39. The van der Waals surface area contributed by atoms with Crippen LogP contribution in [0.1, 0.15) is 56.9 Å². The van der Waals surface area contributed by atoms with Gasteiger partial charge in [-0.25, -0.2) is 4.39 Å². The lowest BCUT2D eigenvalue weighted by Crippen LogP contribution is -2.61. The molecule has 4 heteroatoms. The van der Waals surface area contributed by atoms with E-state index in [9.17, 15) is 9.18 Å². The highest BCUT2D eigenvalue weighted by molar-refractivity contribution is 5.79. The number of hydrogen-bond acceptors (Lipinski definition) is 2. The molecule has 5 fully saturated rings. The number of amides is 1. The molecule has 0 aliphatic heterocycles. The maximum atomic E-state index is 14.0. The first-order valence-corrected chi connectivity index (χ1v) is 10.4. The van der Waals surface area contributed by atoms with Gasteiger partial charge in [-0.15, -0.1) is 0 Å². The zero-order chi connectivity index (χ0) is 17.7. The molecule has 5 aliphatic carbocycles. The van der Waals surface area contributed by atoms with E-state index in [2.05, 4.69) is 10.2 Å². The summed E-state index contributed by atoms with van der Waals surface area (Å²) in [6.45, 7) is 0.937. The smallest absolute Gasteiger partial charge is 0.234 e. The van der Waals surface area contributed by atoms with Crippen LogP contribution in [0, 0.1) is 23.6 Å². The van der Waals surface area contributed by atoms with E-state index in [0.717, 1.165) is 30.6 Å². The molecule has 0 heterocycles. The summed E-state index contributed by atoms with van der Waals surface area (Å²) < 4.78 is 14.0. The number of nitrogens with zero attached hydrogens (tertiary/aromatic N) is 1. The molecule has 1 aromatic carbocycles. The molecule has 4 bridgehead atoms. The van der Waals surface area contributed by atoms with Crippen molar-refractivity contribution in [3.8, 4) is 0 Å². The molecule has 0 saturated heterocycles. The van der Waals surface area contributed by atoms with E-state index < -0.39 is 0 Å². The van der Waals surface area contributed by atoms with Gasteiger partial charge in [0, 0.05) is 23.7 Å². The molecule has 0 spiro atoms. The molecule has 0 atom stereocenters. The van der Waals surface area contributed by atoms with Gasteiger partial charge in [0.15, 0.2) is 0 Å². The minimum Gasteiger partial charge on any atom is -0.350 e. The Morgan fingerprint density at radius 1 is 1.08 bits per heavy atom. The number of carbonyl (C=O) groups excluding carboxylic acids is 1. The van der Waals surface area contributed by atoms with Gasteiger partial charge in [-0.1, -0.05) is 18.2 Å². The summed E-state index contributed by atoms with van der Waals surface area (Å²) in [5.41, 5.74) is 0.765. The minimum absolute atomic E-state index is 0.0685. The van der Waals surface area contributed by atoms with Gasteiger partial charge in [0.25, 0.3) is 0 Å². The van der Waals surface area contributed by atoms with Crippen LogP contribution in [0.2, 0.25) is 0 Å². The molecule has 5 saturated carbocycles. The Kier molecular flexibility index (Phi) is 4.07. The van der Waals surface area contributed by atoms with Crippen molar-refractivity contribution in [1.82, 2.24) is 10.2 Å². The molecule has 1 amide bonds. The Morgan fingerprint density at radius 2 is 1.69 bits per heavy atom. The summed E-state index contributed by atoms with van der Waals surface area (Å²) in [6, 6.07) is 7.38. The van der Waals surface area contributed by atoms with Gasteiger partial charge in [-0.3, -0.25) is 9.69 Å². The molecule has 0 unspecified atom stereocenters. The first-order valence-electron chi connectivity index (χ1n) is 10.4. The summed E-state index contributed by atoms with van der Waals surface area (Å²) >= 11 is 0. The molecule has 0 aromatic heterocycles. The fraction of sp³-hybridized carbons (Fsp3) is 0.682. The molecule has 140 valence electrons. The van der Waals surface area contributed by atoms with E-state index in [4.69, 9.17) is 0 Å². The first kappa shape index (κ1) is 16.7. The van der Waals surface area contributed by atoms with Gasteiger partial charge < -0.3 is 5.32 Å². The van der Waals surface area contributed by atoms with Crippen LogP contribution in [0.3, 0.4) is 0 Å². The van der Waals surface area contributed by atoms with Crippen LogP contribution in [-0.2, 0) is 11.3 Å². The lowest BCUT2D eigenvalue weighted by molar-refractivity contribution is -0.128. The van der Waals surface area contributed by atoms with Crippen LogP contribution in [0.15, 0.2) is 24.3 Å². The van der Waals surface area contributed by atoms with Gasteiger partial charge in [0.2, 0.25) is 5.91 Å². The lowest BCUT2D eigenvalue weighted by Gasteiger charge is -2.57. The quantitative estimate of drug-likeness (QED) is 0.839. The monoisotopic (exact) mass is 356 g/mol. The Morgan fingerprint density at radius 3 is 2.27 bits per heavy atom. The fourth-order valence-corrected chi connectivity index (χ4v) is 6.38. The summed E-state index contributed by atoms with van der Waals surface area (Å²) in [5, 5.41) is 3.46. The van der Waals surface area contributed by atoms with Crippen molar-refractivity contribution in [2.45, 2.75) is 69.5 Å². The highest BCUT2D eigenvalue weighted by Gasteiger charge is 2.51. The normalized spacial score (nSPS) is 35.1. The van der Waals surface area contributed by atoms with Crippen molar-refractivity contribution in [1.29, 1.82) is 0 Å². The fourth-order valence-electron chi connectivity index (χ4n) is 6.38. The average molecular weight is 356 g/mol. The molecule has 3 nitrogen and oxygen atoms in total. The summed E-state index contributed by atoms with van der Waals surface area (Å²) in [7, 11) is 0. The van der Waals surface area contributed by atoms with Gasteiger partial charge in [-0.05, 0) is 75.2 Å². The van der Waals surface area contributed by atoms with Crippen molar-refractivity contribution in [3.05, 3.63) is 35.6 Å². The third-order valence-electron chi connectivity index (χ3n) is 7.18. The van der Waals surface area contributed by atoms with E-state index in [1.54, 1.807) is 6.07 Å². The lowest BCUT2D eigenvalue weighted by atomic mass is 9.53. The second-order valence-corrected chi connectivity index (χ2v) is 9.47. The Bertz CT molecular complexity index is 664. The zero-order valence-electron chi connectivity index (χ0n) is 15.4. The van der Waals surface area contributed by atoms with Crippen LogP contribution >= 0.6 is 0 Å². The van der Waals surface area contributed by atoms with Gasteiger partial charge in [0.1, 0.15) is 5.82 Å². The molecule has 0 radical (unpaired) electrons. The number of carbonyl (C=O) groups is 1. The third kappa shape index (κ3) is 3.28. The van der Waals surface area contributed by atoms with E-state index in [0.29, 0.717) is 24.7 Å². The summed E-state index contributed by atoms with van der Waals surface area (Å²) in [4.78, 5) is 15.1. The van der Waals surface area contributed by atoms with Crippen molar-refractivity contribution in [2.75, 3.05) is 6.54 Å². The summed E-state index contributed by atoms with van der Waals surface area (Å²) in [6.07, 6.45) is 9.95. The molecular formula is C22H29FN2O. The SMILES string of the molecule is O=C(CN(Cc1ccccc1F)C1CC1)NC12CC3CC(CC(C3)C1)C2. The van der Waals surface area contributed by atoms with Crippen molar-refractivity contribution in [2.24, 2.45) is 17.8 Å². The molecule has 1 N–H and O–H groups in total. The van der Waals surface area contributed by atoms with Crippen molar-refractivity contribution >= 4 is 5.91 Å². The first-order chi connectivity index (χ1) is 12.6. The van der Waals surface area contributed by atoms with Gasteiger partial charge >= 0.3 is 0 Å². The standard InChI is InChI=1S/C22H29FN2O/c23-20-4-2-1-3-18(20)13-25(19-5-6-19)14-21(26)24-22-10-15-7-16(11-22)9-17(8-15)12-22/h1-4,15-17,19H,5-14H2,(H,24,26). The maximum absolute atomic E-state index is 14.0. The number of rotatable bonds is 6. The molecule has 1 aromatic rings. The number of halogens is 1. The van der Waals surface area contributed by atoms with Gasteiger partial charge in [0.05, 0.1) is 6.54 Å². The largest absolute Gasteiger partial charge is 0.350 e. The van der Waals surface area contributed by atoms with E-state index in [1.807, 2.05) is 12.1 Å². The maximum Gasteiger partial charge on any atom is 0.234 e. The predicted octanol–water partition coefficient (Wildman–Crippen LogP) is 3.88. The summed E-state index contributed by atoms with van der Waals surface area (Å²) in [5.74, 6) is 2.48. The van der Waals surface area contributed by atoms with Crippen LogP contribution in [0.25, 0.3) is 0 Å². The van der Waals surface area contributed by atoms with E-state index in [-0.39, 0.29) is 17.3 Å². The third-order valence-corrected chi connectivity index (χ3v) is 7.18. The van der Waals surface area contributed by atoms with Crippen LogP contribution in [0.4, 0.5) is 4.39 Å². The Hall–Kier alpha value is -1.42. The molecule has 6 rings (SSSR count). The Labute approximate surface area is 155 Å². The van der Waals surface area contributed by atoms with E-state index >= 15 is 0 Å². The zero-order valence-corrected chi connectivity index (χ0v) is 15.4. The second kappa shape index (κ2) is 6.33. The Balaban J connectivity index is 1.25. The van der Waals surface area contributed by atoms with Crippen molar-refractivity contribution in [3.63, 3.8) is 0 Å². The molecular weight excluding hydrogens is 327 g/mol. The van der Waals surface area contributed by atoms with Gasteiger partial charge in [-0.2, -0.15) is 0 Å². The van der Waals surface area contributed by atoms with Crippen LogP contribution in [0.5, 0.6) is 0 Å². The van der Waals surface area contributed by atoms with Crippen LogP contribution in [-0.4, -0.2) is 28.9 Å². The van der Waals surface area contributed by atoms with Crippen LogP contribution < -0.4 is 5.32 Å². The number of hydrogen-bond donors (Lipinski definition) is 1. The predicted molar refractivity (Wildman–Crippen MR) is 98.9 cm³/mol. The van der Waals surface area contributed by atoms with Crippen molar-refractivity contribution < 1.29 is 9.18 Å². The highest BCUT2D eigenvalue weighted by atomic mass is 19.1. The number of benzene rings is 1.